The van der Waals surface area contributed by atoms with Crippen molar-refractivity contribution in [3.63, 3.8) is 0 Å². The fourth-order valence-electron chi connectivity index (χ4n) is 4.81. The fourth-order valence-corrected chi connectivity index (χ4v) is 6.22. The van der Waals surface area contributed by atoms with Crippen LogP contribution in [0.2, 0.25) is 0 Å². The molecule has 3 aromatic rings. The van der Waals surface area contributed by atoms with E-state index in [1.54, 1.807) is 19.2 Å². The zero-order chi connectivity index (χ0) is 31.5. The zero-order valence-electron chi connectivity index (χ0n) is 25.5. The maximum Gasteiger partial charge on any atom is 0.261 e. The highest BCUT2D eigenvalue weighted by Crippen LogP contribution is 2.26. The summed E-state index contributed by atoms with van der Waals surface area (Å²) in [6.07, 6.45) is 0.806. The van der Waals surface area contributed by atoms with Crippen LogP contribution < -0.4 is 14.8 Å². The van der Waals surface area contributed by atoms with Crippen molar-refractivity contribution in [2.45, 2.75) is 37.8 Å². The van der Waals surface area contributed by atoms with Crippen LogP contribution >= 0.6 is 0 Å². The Hall–Kier alpha value is -3.93. The summed E-state index contributed by atoms with van der Waals surface area (Å²) in [7, 11) is -2.08. The molecule has 2 amide bonds. The van der Waals surface area contributed by atoms with Crippen molar-refractivity contribution in [3.05, 3.63) is 90.0 Å². The predicted octanol–water partition coefficient (Wildman–Crippen LogP) is 4.03. The molecule has 44 heavy (non-hydrogen) atoms. The van der Waals surface area contributed by atoms with Gasteiger partial charge in [0.1, 0.15) is 17.5 Å². The first-order valence-corrected chi connectivity index (χ1v) is 16.2. The minimum absolute atomic E-state index is 0.140. The molecule has 0 radical (unpaired) electrons. The molecule has 3 aromatic carbocycles. The maximum absolute atomic E-state index is 13.9. The molecule has 0 aromatic heterocycles. The van der Waals surface area contributed by atoms with E-state index in [9.17, 15) is 18.0 Å². The van der Waals surface area contributed by atoms with E-state index in [0.717, 1.165) is 12.0 Å². The van der Waals surface area contributed by atoms with Crippen molar-refractivity contribution < 1.29 is 32.2 Å². The van der Waals surface area contributed by atoms with Crippen LogP contribution in [-0.4, -0.2) is 76.0 Å². The smallest absolute Gasteiger partial charge is 0.261 e. The van der Waals surface area contributed by atoms with Crippen molar-refractivity contribution in [1.82, 2.24) is 14.5 Å². The van der Waals surface area contributed by atoms with Gasteiger partial charge in [-0.3, -0.25) is 9.59 Å². The number of hydrogen-bond donors (Lipinski definition) is 1. The summed E-state index contributed by atoms with van der Waals surface area (Å²) in [6, 6.07) is 21.6. The highest BCUT2D eigenvalue weighted by Gasteiger charge is 2.32. The minimum atomic E-state index is -3.66. The van der Waals surface area contributed by atoms with Crippen molar-refractivity contribution in [2.75, 3.05) is 46.6 Å². The van der Waals surface area contributed by atoms with E-state index in [0.29, 0.717) is 55.8 Å². The van der Waals surface area contributed by atoms with Gasteiger partial charge in [0.05, 0.1) is 25.2 Å². The Bertz CT molecular complexity index is 1460. The molecule has 1 saturated heterocycles. The lowest BCUT2D eigenvalue weighted by Crippen LogP contribution is -2.45. The summed E-state index contributed by atoms with van der Waals surface area (Å²) < 4.78 is 43.7. The average molecular weight is 624 g/mol. The highest BCUT2D eigenvalue weighted by atomic mass is 32.2. The van der Waals surface area contributed by atoms with Gasteiger partial charge in [0.15, 0.2) is 6.61 Å². The van der Waals surface area contributed by atoms with Gasteiger partial charge in [-0.05, 0) is 59.9 Å². The normalized spacial score (nSPS) is 14.5. The fraction of sp³-hybridized carbons (Fsp3) is 0.394. The van der Waals surface area contributed by atoms with E-state index in [4.69, 9.17) is 14.2 Å². The van der Waals surface area contributed by atoms with E-state index < -0.39 is 22.0 Å². The number of ether oxygens (including phenoxy) is 3. The third kappa shape index (κ3) is 8.81. The van der Waals surface area contributed by atoms with E-state index in [2.05, 4.69) is 19.2 Å². The van der Waals surface area contributed by atoms with Gasteiger partial charge < -0.3 is 24.4 Å². The van der Waals surface area contributed by atoms with E-state index in [1.165, 1.54) is 33.5 Å². The van der Waals surface area contributed by atoms with Crippen LogP contribution in [0.25, 0.3) is 0 Å². The first-order chi connectivity index (χ1) is 21.2. The molecule has 4 rings (SSSR count). The molecule has 1 heterocycles. The number of morpholine rings is 1. The second-order valence-electron chi connectivity index (χ2n) is 10.9. The van der Waals surface area contributed by atoms with Crippen LogP contribution in [0.15, 0.2) is 83.8 Å². The van der Waals surface area contributed by atoms with Crippen molar-refractivity contribution in [1.29, 1.82) is 0 Å². The molecule has 0 aliphatic carbocycles. The Morgan fingerprint density at radius 2 is 1.57 bits per heavy atom. The number of nitrogens with zero attached hydrogens (tertiary/aromatic N) is 2. The number of benzene rings is 3. The van der Waals surface area contributed by atoms with Crippen molar-refractivity contribution in [3.8, 4) is 11.5 Å². The number of carbonyl (C=O) groups excluding carboxylic acids is 2. The van der Waals surface area contributed by atoms with Gasteiger partial charge in [0, 0.05) is 26.2 Å². The van der Waals surface area contributed by atoms with Gasteiger partial charge in [0.2, 0.25) is 15.9 Å². The molecule has 1 atom stereocenters. The largest absolute Gasteiger partial charge is 0.497 e. The second kappa shape index (κ2) is 15.7. The molecule has 1 N–H and O–H groups in total. The Morgan fingerprint density at radius 1 is 0.932 bits per heavy atom. The molecular weight excluding hydrogens is 582 g/mol. The van der Waals surface area contributed by atoms with Gasteiger partial charge in [0.25, 0.3) is 5.91 Å². The topological polar surface area (TPSA) is 114 Å². The Kier molecular flexibility index (Phi) is 11.8. The lowest BCUT2D eigenvalue weighted by Gasteiger charge is -2.31. The highest BCUT2D eigenvalue weighted by molar-refractivity contribution is 7.89. The summed E-state index contributed by atoms with van der Waals surface area (Å²) >= 11 is 0. The summed E-state index contributed by atoms with van der Waals surface area (Å²) in [5.74, 6) is 0.739. The number of amides is 2. The number of hydrogen-bond acceptors (Lipinski definition) is 7. The van der Waals surface area contributed by atoms with E-state index >= 15 is 0 Å². The number of nitrogens with one attached hydrogen (secondary N) is 1. The molecule has 1 aliphatic rings. The Labute approximate surface area is 260 Å². The zero-order valence-corrected chi connectivity index (χ0v) is 26.3. The van der Waals surface area contributed by atoms with Gasteiger partial charge in [-0.2, -0.15) is 4.31 Å². The van der Waals surface area contributed by atoms with Crippen LogP contribution in [0.4, 0.5) is 0 Å². The van der Waals surface area contributed by atoms with E-state index in [-0.39, 0.29) is 24.0 Å². The van der Waals surface area contributed by atoms with Crippen molar-refractivity contribution in [2.24, 2.45) is 5.92 Å². The molecule has 1 aliphatic heterocycles. The van der Waals surface area contributed by atoms with Gasteiger partial charge in [-0.25, -0.2) is 8.42 Å². The molecule has 1 fully saturated rings. The monoisotopic (exact) mass is 623 g/mol. The van der Waals surface area contributed by atoms with Crippen LogP contribution in [0.3, 0.4) is 0 Å². The second-order valence-corrected chi connectivity index (χ2v) is 12.9. The Morgan fingerprint density at radius 3 is 2.18 bits per heavy atom. The standard InChI is InChI=1S/C33H41N3O7S/c1-25(2)17-18-34-33(38)32(27-7-5-4-6-8-27)36(23-26-9-11-28(41-3)12-10-26)31(37)24-43-29-13-15-30(16-14-29)44(39,40)35-19-21-42-22-20-35/h4-16,25,32H,17-24H2,1-3H3,(H,34,38)/t32-/m1/s1. The quantitative estimate of drug-likeness (QED) is 0.289. The molecule has 11 heteroatoms. The summed E-state index contributed by atoms with van der Waals surface area (Å²) in [5.41, 5.74) is 1.49. The first kappa shape index (κ1) is 33.0. The number of rotatable bonds is 14. The van der Waals surface area contributed by atoms with Crippen LogP contribution in [-0.2, 0) is 30.9 Å². The van der Waals surface area contributed by atoms with Crippen LogP contribution in [0.1, 0.15) is 37.4 Å². The third-order valence-corrected chi connectivity index (χ3v) is 9.24. The lowest BCUT2D eigenvalue weighted by molar-refractivity contribution is -0.143. The summed E-state index contributed by atoms with van der Waals surface area (Å²) in [4.78, 5) is 29.2. The van der Waals surface area contributed by atoms with Gasteiger partial charge in [-0.1, -0.05) is 56.3 Å². The first-order valence-electron chi connectivity index (χ1n) is 14.7. The molecule has 10 nitrogen and oxygen atoms in total. The molecule has 236 valence electrons. The summed E-state index contributed by atoms with van der Waals surface area (Å²) in [6.45, 7) is 5.77. The van der Waals surface area contributed by atoms with Crippen LogP contribution in [0, 0.1) is 5.92 Å². The average Bonchev–Trinajstić information content (AvgIpc) is 3.04. The third-order valence-electron chi connectivity index (χ3n) is 7.32. The molecule has 0 unspecified atom stereocenters. The van der Waals surface area contributed by atoms with Crippen LogP contribution in [0.5, 0.6) is 11.5 Å². The van der Waals surface area contributed by atoms with E-state index in [1.807, 2.05) is 42.5 Å². The minimum Gasteiger partial charge on any atom is -0.497 e. The SMILES string of the molecule is COc1ccc(CN(C(=O)COc2ccc(S(=O)(=O)N3CCOCC3)cc2)[C@@H](C(=O)NCCC(C)C)c2ccccc2)cc1. The number of carbonyl (C=O) groups is 2. The molecule has 0 spiro atoms. The Balaban J connectivity index is 1.55. The molecular formula is C33H41N3O7S. The maximum atomic E-state index is 13.9. The van der Waals surface area contributed by atoms with Gasteiger partial charge >= 0.3 is 0 Å². The van der Waals surface area contributed by atoms with Gasteiger partial charge in [-0.15, -0.1) is 0 Å². The molecule has 0 saturated carbocycles. The predicted molar refractivity (Wildman–Crippen MR) is 167 cm³/mol. The van der Waals surface area contributed by atoms with Crippen molar-refractivity contribution >= 4 is 21.8 Å². The molecule has 0 bridgehead atoms. The number of sulfonamides is 1. The number of methoxy groups -OCH3 is 1. The summed E-state index contributed by atoms with van der Waals surface area (Å²) in [5, 5.41) is 3.01. The lowest BCUT2D eigenvalue weighted by atomic mass is 10.0.